The fourth-order valence-corrected chi connectivity index (χ4v) is 2.35. The van der Waals surface area contributed by atoms with E-state index in [9.17, 15) is 0 Å². The topological polar surface area (TPSA) is 72.0 Å². The van der Waals surface area contributed by atoms with Crippen molar-refractivity contribution in [1.82, 2.24) is 15.2 Å². The predicted octanol–water partition coefficient (Wildman–Crippen LogP) is 4.80. The average molecular weight is 356 g/mol. The van der Waals surface area contributed by atoms with Crippen molar-refractivity contribution < 1.29 is 4.74 Å². The highest BCUT2D eigenvalue weighted by Crippen LogP contribution is 2.28. The first-order valence-electron chi connectivity index (χ1n) is 7.86. The van der Waals surface area contributed by atoms with Crippen LogP contribution in [0.2, 0.25) is 5.02 Å². The van der Waals surface area contributed by atoms with Gasteiger partial charge in [-0.05, 0) is 38.1 Å². The maximum absolute atomic E-state index is 6.14. The maximum atomic E-state index is 6.14. The molecule has 0 unspecified atom stereocenters. The fourth-order valence-electron chi connectivity index (χ4n) is 2.16. The molecule has 7 heteroatoms. The molecule has 6 nitrogen and oxygen atoms in total. The van der Waals surface area contributed by atoms with Crippen molar-refractivity contribution in [2.75, 3.05) is 10.6 Å². The van der Waals surface area contributed by atoms with Crippen molar-refractivity contribution in [3.05, 3.63) is 59.8 Å². The van der Waals surface area contributed by atoms with Gasteiger partial charge >= 0.3 is 0 Å². The molecular weight excluding hydrogens is 338 g/mol. The molecule has 25 heavy (non-hydrogen) atoms. The molecule has 0 fully saturated rings. The van der Waals surface area contributed by atoms with E-state index in [0.29, 0.717) is 22.5 Å². The molecule has 3 rings (SSSR count). The molecule has 0 atom stereocenters. The van der Waals surface area contributed by atoms with Crippen LogP contribution < -0.4 is 15.4 Å². The Kier molecular flexibility index (Phi) is 5.30. The second-order valence-corrected chi connectivity index (χ2v) is 5.97. The Morgan fingerprint density at radius 2 is 1.68 bits per heavy atom. The van der Waals surface area contributed by atoms with Gasteiger partial charge in [0.1, 0.15) is 5.75 Å². The molecule has 0 bridgehead atoms. The molecule has 128 valence electrons. The summed E-state index contributed by atoms with van der Waals surface area (Å²) in [5, 5.41) is 14.8. The van der Waals surface area contributed by atoms with E-state index in [-0.39, 0.29) is 6.10 Å². The first-order valence-corrected chi connectivity index (χ1v) is 8.23. The van der Waals surface area contributed by atoms with Gasteiger partial charge in [-0.3, -0.25) is 0 Å². The van der Waals surface area contributed by atoms with Crippen molar-refractivity contribution in [3.8, 4) is 5.75 Å². The van der Waals surface area contributed by atoms with Crippen LogP contribution in [-0.2, 0) is 0 Å². The lowest BCUT2D eigenvalue weighted by atomic mass is 10.3. The number of aromatic nitrogens is 3. The normalized spacial score (nSPS) is 10.6. The summed E-state index contributed by atoms with van der Waals surface area (Å²) in [5.74, 6) is 1.64. The van der Waals surface area contributed by atoms with Crippen LogP contribution in [-0.4, -0.2) is 21.3 Å². The number of halogens is 1. The Morgan fingerprint density at radius 1 is 0.960 bits per heavy atom. The number of para-hydroxylation sites is 3. The molecule has 1 heterocycles. The smallest absolute Gasteiger partial charge is 0.249 e. The van der Waals surface area contributed by atoms with Gasteiger partial charge in [-0.2, -0.15) is 10.1 Å². The molecule has 2 N–H and O–H groups in total. The van der Waals surface area contributed by atoms with Gasteiger partial charge in [-0.1, -0.05) is 35.9 Å². The number of hydrogen-bond acceptors (Lipinski definition) is 6. The summed E-state index contributed by atoms with van der Waals surface area (Å²) < 4.78 is 5.80. The molecule has 0 aliphatic carbocycles. The second kappa shape index (κ2) is 7.81. The lowest BCUT2D eigenvalue weighted by molar-refractivity contribution is 0.244. The molecule has 0 aliphatic rings. The fraction of sp³-hybridized carbons (Fsp3) is 0.167. The molecule has 0 radical (unpaired) electrons. The first-order chi connectivity index (χ1) is 12.1. The number of rotatable bonds is 6. The SMILES string of the molecule is CC(C)Oc1ccccc1Nc1cnnc(Nc2ccccc2Cl)n1. The second-order valence-electron chi connectivity index (χ2n) is 5.56. The lowest BCUT2D eigenvalue weighted by Crippen LogP contribution is -2.08. The van der Waals surface area contributed by atoms with Gasteiger partial charge in [0, 0.05) is 0 Å². The van der Waals surface area contributed by atoms with Gasteiger partial charge in [-0.25, -0.2) is 0 Å². The number of benzene rings is 2. The Hall–Kier alpha value is -2.86. The molecule has 0 aliphatic heterocycles. The highest BCUT2D eigenvalue weighted by atomic mass is 35.5. The van der Waals surface area contributed by atoms with E-state index >= 15 is 0 Å². The minimum Gasteiger partial charge on any atom is -0.489 e. The summed E-state index contributed by atoms with van der Waals surface area (Å²) >= 11 is 6.14. The van der Waals surface area contributed by atoms with Crippen LogP contribution in [0.15, 0.2) is 54.7 Å². The number of hydrogen-bond donors (Lipinski definition) is 2. The molecule has 0 saturated heterocycles. The minimum atomic E-state index is 0.0731. The van der Waals surface area contributed by atoms with Crippen LogP contribution in [0.25, 0.3) is 0 Å². The average Bonchev–Trinajstić information content (AvgIpc) is 2.59. The van der Waals surface area contributed by atoms with E-state index in [2.05, 4.69) is 25.8 Å². The molecule has 0 spiro atoms. The predicted molar refractivity (Wildman–Crippen MR) is 100 cm³/mol. The van der Waals surface area contributed by atoms with Crippen molar-refractivity contribution in [2.45, 2.75) is 20.0 Å². The lowest BCUT2D eigenvalue weighted by Gasteiger charge is -2.15. The van der Waals surface area contributed by atoms with Gasteiger partial charge in [-0.15, -0.1) is 5.10 Å². The van der Waals surface area contributed by atoms with Crippen molar-refractivity contribution in [2.24, 2.45) is 0 Å². The molecule has 2 aromatic carbocycles. The van der Waals surface area contributed by atoms with E-state index < -0.39 is 0 Å². The molecule has 1 aromatic heterocycles. The highest BCUT2D eigenvalue weighted by Gasteiger charge is 2.08. The minimum absolute atomic E-state index is 0.0731. The third-order valence-electron chi connectivity index (χ3n) is 3.19. The Labute approximate surface area is 151 Å². The van der Waals surface area contributed by atoms with Crippen LogP contribution in [0, 0.1) is 0 Å². The van der Waals surface area contributed by atoms with E-state index in [1.165, 1.54) is 0 Å². The summed E-state index contributed by atoms with van der Waals surface area (Å²) in [7, 11) is 0. The van der Waals surface area contributed by atoms with Crippen LogP contribution in [0.1, 0.15) is 13.8 Å². The Bertz CT molecular complexity index is 856. The molecule has 3 aromatic rings. The van der Waals surface area contributed by atoms with Gasteiger partial charge in [0.25, 0.3) is 0 Å². The number of anilines is 4. The number of nitrogens with one attached hydrogen (secondary N) is 2. The van der Waals surface area contributed by atoms with E-state index in [1.807, 2.05) is 56.3 Å². The first kappa shape index (κ1) is 17.0. The van der Waals surface area contributed by atoms with Crippen LogP contribution in [0.5, 0.6) is 5.75 Å². The zero-order chi connectivity index (χ0) is 17.6. The summed E-state index contributed by atoms with van der Waals surface area (Å²) in [6, 6.07) is 15.0. The van der Waals surface area contributed by atoms with Gasteiger partial charge < -0.3 is 15.4 Å². The zero-order valence-electron chi connectivity index (χ0n) is 13.9. The Morgan fingerprint density at radius 3 is 2.44 bits per heavy atom. The third-order valence-corrected chi connectivity index (χ3v) is 3.52. The summed E-state index contributed by atoms with van der Waals surface area (Å²) in [5.41, 5.74) is 1.52. The maximum Gasteiger partial charge on any atom is 0.249 e. The van der Waals surface area contributed by atoms with Crippen molar-refractivity contribution in [3.63, 3.8) is 0 Å². The van der Waals surface area contributed by atoms with Gasteiger partial charge in [0.15, 0.2) is 5.82 Å². The van der Waals surface area contributed by atoms with E-state index in [1.54, 1.807) is 12.3 Å². The summed E-state index contributed by atoms with van der Waals surface area (Å²) in [4.78, 5) is 4.41. The third kappa shape index (κ3) is 4.58. The largest absolute Gasteiger partial charge is 0.489 e. The van der Waals surface area contributed by atoms with E-state index in [0.717, 1.165) is 11.4 Å². The molecule has 0 saturated carbocycles. The summed E-state index contributed by atoms with van der Waals surface area (Å²) in [6.07, 6.45) is 1.62. The van der Waals surface area contributed by atoms with Gasteiger partial charge in [0.2, 0.25) is 5.95 Å². The zero-order valence-corrected chi connectivity index (χ0v) is 14.7. The van der Waals surface area contributed by atoms with Crippen molar-refractivity contribution >= 4 is 34.7 Å². The number of nitrogens with zero attached hydrogens (tertiary/aromatic N) is 3. The Balaban J connectivity index is 1.80. The quantitative estimate of drug-likeness (QED) is 0.661. The van der Waals surface area contributed by atoms with Crippen LogP contribution in [0.3, 0.4) is 0 Å². The van der Waals surface area contributed by atoms with Gasteiger partial charge in [0.05, 0.1) is 28.7 Å². The molecular formula is C18H18ClN5O. The van der Waals surface area contributed by atoms with Crippen LogP contribution >= 0.6 is 11.6 Å². The van der Waals surface area contributed by atoms with Crippen molar-refractivity contribution in [1.29, 1.82) is 0 Å². The number of ether oxygens (including phenoxy) is 1. The highest BCUT2D eigenvalue weighted by molar-refractivity contribution is 6.33. The van der Waals surface area contributed by atoms with Crippen LogP contribution in [0.4, 0.5) is 23.1 Å². The summed E-state index contributed by atoms with van der Waals surface area (Å²) in [6.45, 7) is 3.96. The van der Waals surface area contributed by atoms with E-state index in [4.69, 9.17) is 16.3 Å². The molecule has 0 amide bonds. The monoisotopic (exact) mass is 355 g/mol. The standard InChI is InChI=1S/C18H18ClN5O/c1-12(2)25-16-10-6-5-9-15(16)21-17-11-20-24-18(23-17)22-14-8-4-3-7-13(14)19/h3-12H,1-2H3,(H2,21,22,23,24).